The molecule has 3 rings (SSSR count). The van der Waals surface area contributed by atoms with Crippen molar-refractivity contribution in [3.8, 4) is 0 Å². The second-order valence-electron chi connectivity index (χ2n) is 4.19. The van der Waals surface area contributed by atoms with Crippen molar-refractivity contribution >= 4 is 27.5 Å². The van der Waals surface area contributed by atoms with E-state index < -0.39 is 17.2 Å². The quantitative estimate of drug-likeness (QED) is 0.673. The zero-order valence-corrected chi connectivity index (χ0v) is 11.4. The van der Waals surface area contributed by atoms with E-state index in [1.807, 2.05) is 0 Å². The summed E-state index contributed by atoms with van der Waals surface area (Å²) in [5.41, 5.74) is 0.190. The fraction of sp³-hybridized carbons (Fsp3) is 0.273. The third-order valence-electron chi connectivity index (χ3n) is 2.87. The van der Waals surface area contributed by atoms with Crippen molar-refractivity contribution in [3.63, 3.8) is 0 Å². The van der Waals surface area contributed by atoms with Crippen molar-refractivity contribution in [3.05, 3.63) is 23.7 Å². The predicted molar refractivity (Wildman–Crippen MR) is 68.1 cm³/mol. The number of alkyl halides is 2. The smallest absolute Gasteiger partial charge is 0.262 e. The SMILES string of the molecule is Cc1nnc2c(C(F)F)cc3cnc(S(C)=O)nc3n12. The summed E-state index contributed by atoms with van der Waals surface area (Å²) in [6.45, 7) is 1.64. The average Bonchev–Trinajstić information content (AvgIpc) is 2.79. The van der Waals surface area contributed by atoms with Crippen molar-refractivity contribution in [2.24, 2.45) is 0 Å². The van der Waals surface area contributed by atoms with E-state index in [4.69, 9.17) is 0 Å². The van der Waals surface area contributed by atoms with Crippen molar-refractivity contribution in [1.29, 1.82) is 0 Å². The largest absolute Gasteiger partial charge is 0.267 e. The molecule has 0 spiro atoms. The van der Waals surface area contributed by atoms with E-state index in [1.165, 1.54) is 22.9 Å². The highest BCUT2D eigenvalue weighted by atomic mass is 32.2. The van der Waals surface area contributed by atoms with Gasteiger partial charge in [-0.15, -0.1) is 10.2 Å². The molecule has 0 aliphatic heterocycles. The number of pyridine rings is 1. The maximum absolute atomic E-state index is 13.1. The summed E-state index contributed by atoms with van der Waals surface area (Å²) in [4.78, 5) is 8.08. The Balaban J connectivity index is 2.49. The molecular weight excluding hydrogens is 288 g/mol. The van der Waals surface area contributed by atoms with Crippen LogP contribution in [-0.4, -0.2) is 35.0 Å². The second kappa shape index (κ2) is 4.51. The van der Waals surface area contributed by atoms with Gasteiger partial charge in [0.1, 0.15) is 5.82 Å². The van der Waals surface area contributed by atoms with Crippen LogP contribution in [0.5, 0.6) is 0 Å². The lowest BCUT2D eigenvalue weighted by Gasteiger charge is -2.07. The summed E-state index contributed by atoms with van der Waals surface area (Å²) < 4.78 is 39.0. The summed E-state index contributed by atoms with van der Waals surface area (Å²) >= 11 is 0. The van der Waals surface area contributed by atoms with Gasteiger partial charge < -0.3 is 0 Å². The maximum Gasteiger partial charge on any atom is 0.267 e. The van der Waals surface area contributed by atoms with Crippen LogP contribution < -0.4 is 0 Å². The highest BCUT2D eigenvalue weighted by Gasteiger charge is 2.19. The molecule has 1 unspecified atom stereocenters. The van der Waals surface area contributed by atoms with Gasteiger partial charge in [-0.1, -0.05) is 0 Å². The van der Waals surface area contributed by atoms with Gasteiger partial charge in [-0.2, -0.15) is 0 Å². The molecule has 0 radical (unpaired) electrons. The van der Waals surface area contributed by atoms with Gasteiger partial charge in [0.15, 0.2) is 11.3 Å². The van der Waals surface area contributed by atoms with E-state index >= 15 is 0 Å². The Bertz CT molecular complexity index is 848. The first-order chi connectivity index (χ1) is 9.49. The van der Waals surface area contributed by atoms with E-state index in [9.17, 15) is 13.0 Å². The number of hydrogen-bond acceptors (Lipinski definition) is 5. The molecule has 6 nitrogen and oxygen atoms in total. The van der Waals surface area contributed by atoms with Gasteiger partial charge >= 0.3 is 0 Å². The molecular formula is C11H9F2N5OS. The number of aryl methyl sites for hydroxylation is 1. The second-order valence-corrected chi connectivity index (χ2v) is 5.47. The lowest BCUT2D eigenvalue weighted by atomic mass is 10.2. The van der Waals surface area contributed by atoms with Crippen LogP contribution in [0.1, 0.15) is 17.8 Å². The molecule has 9 heteroatoms. The van der Waals surface area contributed by atoms with Crippen LogP contribution in [0.3, 0.4) is 0 Å². The van der Waals surface area contributed by atoms with Gasteiger partial charge in [-0.05, 0) is 13.0 Å². The molecule has 3 aromatic heterocycles. The average molecular weight is 297 g/mol. The molecule has 0 N–H and O–H groups in total. The van der Waals surface area contributed by atoms with Crippen LogP contribution in [0.2, 0.25) is 0 Å². The third-order valence-corrected chi connectivity index (χ3v) is 3.58. The summed E-state index contributed by atoms with van der Waals surface area (Å²) in [7, 11) is -1.36. The van der Waals surface area contributed by atoms with Gasteiger partial charge in [-0.25, -0.2) is 18.7 Å². The van der Waals surface area contributed by atoms with Gasteiger partial charge in [0, 0.05) is 17.8 Å². The minimum Gasteiger partial charge on any atom is -0.262 e. The van der Waals surface area contributed by atoms with Crippen molar-refractivity contribution in [2.75, 3.05) is 6.26 Å². The van der Waals surface area contributed by atoms with Crippen LogP contribution in [0, 0.1) is 6.92 Å². The molecule has 0 bridgehead atoms. The van der Waals surface area contributed by atoms with E-state index in [2.05, 4.69) is 20.2 Å². The van der Waals surface area contributed by atoms with Gasteiger partial charge in [0.05, 0.1) is 16.4 Å². The molecule has 0 saturated heterocycles. The molecule has 0 aliphatic rings. The number of hydrogen-bond donors (Lipinski definition) is 0. The fourth-order valence-corrected chi connectivity index (χ4v) is 2.40. The minimum atomic E-state index is -2.68. The molecule has 0 aliphatic carbocycles. The molecule has 20 heavy (non-hydrogen) atoms. The normalized spacial score (nSPS) is 13.4. The summed E-state index contributed by atoms with van der Waals surface area (Å²) in [6, 6.07) is 1.28. The highest BCUT2D eigenvalue weighted by molar-refractivity contribution is 7.84. The van der Waals surface area contributed by atoms with Gasteiger partial charge in [0.25, 0.3) is 6.43 Å². The lowest BCUT2D eigenvalue weighted by Crippen LogP contribution is -2.03. The molecule has 1 atom stereocenters. The zero-order valence-electron chi connectivity index (χ0n) is 10.5. The molecule has 0 aromatic carbocycles. The van der Waals surface area contributed by atoms with Crippen LogP contribution in [0.4, 0.5) is 8.78 Å². The molecule has 104 valence electrons. The Morgan fingerprint density at radius 2 is 2.05 bits per heavy atom. The number of halogens is 2. The van der Waals surface area contributed by atoms with E-state index in [-0.39, 0.29) is 16.4 Å². The summed E-state index contributed by atoms with van der Waals surface area (Å²) in [5.74, 6) is 0.430. The van der Waals surface area contributed by atoms with Crippen LogP contribution >= 0.6 is 0 Å². The number of nitrogens with zero attached hydrogens (tertiary/aromatic N) is 5. The Labute approximate surface area is 114 Å². The first-order valence-electron chi connectivity index (χ1n) is 5.62. The number of rotatable bonds is 2. The Kier molecular flexibility index (Phi) is 2.93. The zero-order chi connectivity index (χ0) is 14.4. The van der Waals surface area contributed by atoms with Gasteiger partial charge in [-0.3, -0.25) is 8.61 Å². The summed E-state index contributed by atoms with van der Waals surface area (Å²) in [5, 5.41) is 8.12. The van der Waals surface area contributed by atoms with Crippen molar-refractivity contribution in [2.45, 2.75) is 18.5 Å². The number of aromatic nitrogens is 5. The van der Waals surface area contributed by atoms with Crippen LogP contribution in [-0.2, 0) is 10.8 Å². The Hall–Kier alpha value is -2.03. The van der Waals surface area contributed by atoms with E-state index in [0.717, 1.165) is 0 Å². The van der Waals surface area contributed by atoms with E-state index in [1.54, 1.807) is 6.92 Å². The Morgan fingerprint density at radius 3 is 2.70 bits per heavy atom. The highest BCUT2D eigenvalue weighted by Crippen LogP contribution is 2.27. The standard InChI is InChI=1S/C11H9F2N5OS/c1-5-16-17-10-7(8(12)13)3-6-4-14-11(20(2)19)15-9(6)18(5)10/h3-4,8H,1-2H3. The number of fused-ring (bicyclic) bond motifs is 3. The van der Waals surface area contributed by atoms with E-state index in [0.29, 0.717) is 16.9 Å². The summed E-state index contributed by atoms with van der Waals surface area (Å²) in [6.07, 6.45) is 0.153. The molecule has 3 aromatic rings. The minimum absolute atomic E-state index is 0.0523. The molecule has 0 amide bonds. The first kappa shape index (κ1) is 13.0. The predicted octanol–water partition coefficient (Wildman–Crippen LogP) is 1.66. The van der Waals surface area contributed by atoms with Crippen molar-refractivity contribution in [1.82, 2.24) is 24.6 Å². The lowest BCUT2D eigenvalue weighted by molar-refractivity contribution is 0.152. The monoisotopic (exact) mass is 297 g/mol. The molecule has 0 fully saturated rings. The fourth-order valence-electron chi connectivity index (χ4n) is 1.98. The van der Waals surface area contributed by atoms with Crippen LogP contribution in [0.15, 0.2) is 17.4 Å². The Morgan fingerprint density at radius 1 is 1.30 bits per heavy atom. The van der Waals surface area contributed by atoms with Crippen LogP contribution in [0.25, 0.3) is 16.7 Å². The topological polar surface area (TPSA) is 73.0 Å². The van der Waals surface area contributed by atoms with Gasteiger partial charge in [0.2, 0.25) is 5.16 Å². The van der Waals surface area contributed by atoms with Crippen molar-refractivity contribution < 1.29 is 13.0 Å². The molecule has 0 saturated carbocycles. The molecule has 3 heterocycles. The first-order valence-corrected chi connectivity index (χ1v) is 7.18. The maximum atomic E-state index is 13.1. The third kappa shape index (κ3) is 1.85.